The van der Waals surface area contributed by atoms with Crippen LogP contribution in [0, 0.1) is 0 Å². The van der Waals surface area contributed by atoms with Gasteiger partial charge in [0, 0.05) is 0 Å². The second-order valence-electron chi connectivity index (χ2n) is 6.61. The SMILES string of the molecule is O.O=S(=O)([O-])c1ccc2cc(O)c(O)cc2c1.O=S(=O)([O-])c1ccc2cc(O)c(O)cc2c1.[Na+].[Na+]. The van der Waals surface area contributed by atoms with Crippen molar-refractivity contribution >= 4 is 41.8 Å². The molecule has 0 spiro atoms. The molecule has 0 unspecified atom stereocenters. The average Bonchev–Trinajstić information content (AvgIpc) is 2.68. The predicted octanol–water partition coefficient (Wildman–Crippen LogP) is -4.51. The van der Waals surface area contributed by atoms with Crippen LogP contribution in [0.25, 0.3) is 21.5 Å². The third kappa shape index (κ3) is 8.20. The molecule has 4 aromatic carbocycles. The van der Waals surface area contributed by atoms with Crippen molar-refractivity contribution in [2.45, 2.75) is 9.79 Å². The Labute approximate surface area is 244 Å². The van der Waals surface area contributed by atoms with Crippen molar-refractivity contribution in [3.63, 3.8) is 0 Å². The zero-order valence-electron chi connectivity index (χ0n) is 18.3. The molecule has 0 fully saturated rings. The van der Waals surface area contributed by atoms with Crippen LogP contribution in [0.2, 0.25) is 0 Å². The van der Waals surface area contributed by atoms with Crippen molar-refractivity contribution in [2.24, 2.45) is 0 Å². The normalized spacial score (nSPS) is 10.8. The van der Waals surface area contributed by atoms with E-state index in [1.54, 1.807) is 0 Å². The monoisotopic (exact) mass is 542 g/mol. The van der Waals surface area contributed by atoms with Crippen molar-refractivity contribution in [3.05, 3.63) is 60.7 Å². The molecule has 0 aromatic heterocycles. The van der Waals surface area contributed by atoms with Gasteiger partial charge >= 0.3 is 59.1 Å². The van der Waals surface area contributed by atoms with E-state index in [-0.39, 0.29) is 97.4 Å². The van der Waals surface area contributed by atoms with E-state index in [9.17, 15) is 46.4 Å². The molecule has 0 aliphatic rings. The molecule has 0 aliphatic carbocycles. The van der Waals surface area contributed by atoms with E-state index in [2.05, 4.69) is 0 Å². The maximum atomic E-state index is 10.8. The molecule has 4 rings (SSSR count). The third-order valence-corrected chi connectivity index (χ3v) is 6.05. The molecule has 6 N–H and O–H groups in total. The van der Waals surface area contributed by atoms with Gasteiger partial charge in [0.1, 0.15) is 20.2 Å². The second kappa shape index (κ2) is 12.6. The third-order valence-electron chi connectivity index (χ3n) is 4.39. The van der Waals surface area contributed by atoms with Crippen molar-refractivity contribution < 1.29 is 111 Å². The molecule has 0 heterocycles. The number of hydrogen-bond acceptors (Lipinski definition) is 10. The van der Waals surface area contributed by atoms with E-state index >= 15 is 0 Å². The van der Waals surface area contributed by atoms with Crippen LogP contribution in [-0.2, 0) is 20.2 Å². The Balaban J connectivity index is 0.000000608. The molecule has 0 saturated heterocycles. The molecule has 176 valence electrons. The van der Waals surface area contributed by atoms with Crippen LogP contribution in [-0.4, -0.2) is 51.8 Å². The first-order valence-corrected chi connectivity index (χ1v) is 11.4. The Kier molecular flexibility index (Phi) is 12.0. The maximum absolute atomic E-state index is 10.8. The summed E-state index contributed by atoms with van der Waals surface area (Å²) in [6.07, 6.45) is 0. The zero-order chi connectivity index (χ0) is 23.8. The molecule has 35 heavy (non-hydrogen) atoms. The minimum absolute atomic E-state index is 0. The van der Waals surface area contributed by atoms with Crippen LogP contribution in [0.3, 0.4) is 0 Å². The van der Waals surface area contributed by atoms with E-state index in [0.717, 1.165) is 24.3 Å². The minimum Gasteiger partial charge on any atom is -0.744 e. The molecule has 15 heteroatoms. The van der Waals surface area contributed by atoms with E-state index in [0.29, 0.717) is 21.5 Å². The first kappa shape index (κ1) is 33.4. The zero-order valence-corrected chi connectivity index (χ0v) is 24.0. The molecule has 0 atom stereocenters. The Hall–Kier alpha value is -1.62. The minimum atomic E-state index is -4.51. The van der Waals surface area contributed by atoms with E-state index in [1.807, 2.05) is 0 Å². The van der Waals surface area contributed by atoms with Crippen LogP contribution in [0.5, 0.6) is 23.0 Å². The van der Waals surface area contributed by atoms with E-state index < -0.39 is 20.2 Å². The fourth-order valence-corrected chi connectivity index (χ4v) is 3.83. The Bertz CT molecular complexity index is 1450. The molecule has 11 nitrogen and oxygen atoms in total. The van der Waals surface area contributed by atoms with Crippen LogP contribution in [0.4, 0.5) is 0 Å². The Morgan fingerprint density at radius 2 is 0.743 bits per heavy atom. The number of fused-ring (bicyclic) bond motifs is 2. The first-order chi connectivity index (χ1) is 14.8. The van der Waals surface area contributed by atoms with Gasteiger partial charge in [0.25, 0.3) is 0 Å². The maximum Gasteiger partial charge on any atom is 1.00 e. The van der Waals surface area contributed by atoms with Gasteiger partial charge in [-0.15, -0.1) is 0 Å². The van der Waals surface area contributed by atoms with Gasteiger partial charge in [-0.3, -0.25) is 0 Å². The summed E-state index contributed by atoms with van der Waals surface area (Å²) in [5.74, 6) is -1.34. The summed E-state index contributed by atoms with van der Waals surface area (Å²) in [5.41, 5.74) is 0. The summed E-state index contributed by atoms with van der Waals surface area (Å²) >= 11 is 0. The van der Waals surface area contributed by atoms with Gasteiger partial charge < -0.3 is 35.0 Å². The molecule has 4 aromatic rings. The summed E-state index contributed by atoms with van der Waals surface area (Å²) in [6.45, 7) is 0. The van der Waals surface area contributed by atoms with Crippen LogP contribution in [0.15, 0.2) is 70.5 Å². The van der Waals surface area contributed by atoms with Crippen molar-refractivity contribution in [3.8, 4) is 23.0 Å². The summed E-state index contributed by atoms with van der Waals surface area (Å²) in [5, 5.41) is 38.7. The number of rotatable bonds is 2. The topological polar surface area (TPSA) is 227 Å². The number of phenolic OH excluding ortho intramolecular Hbond substituents is 4. The fourth-order valence-electron chi connectivity index (χ4n) is 2.81. The summed E-state index contributed by atoms with van der Waals surface area (Å²) in [4.78, 5) is -0.741. The standard InChI is InChI=1S/2C10H8O5S.2Na.H2O/c2*11-9-4-6-1-2-8(16(13,14)15)3-7(6)5-10(9)12;;;/h2*1-5,11-12H,(H,13,14,15);;;1H2/q;;2*+1;/p-2. The predicted molar refractivity (Wildman–Crippen MR) is 114 cm³/mol. The molecule has 0 radical (unpaired) electrons. The van der Waals surface area contributed by atoms with Gasteiger partial charge in [-0.25, -0.2) is 16.8 Å². The Morgan fingerprint density at radius 1 is 0.486 bits per heavy atom. The number of phenols is 4. The van der Waals surface area contributed by atoms with Gasteiger partial charge in [-0.05, 0) is 70.1 Å². The molecule has 0 bridgehead atoms. The average molecular weight is 542 g/mol. The van der Waals surface area contributed by atoms with Crippen molar-refractivity contribution in [1.29, 1.82) is 0 Å². The number of aromatic hydroxyl groups is 4. The smallest absolute Gasteiger partial charge is 0.744 e. The quantitative estimate of drug-likeness (QED) is 0.108. The molecular formula is C20H16Na2O11S2. The fraction of sp³-hybridized carbons (Fsp3) is 0. The Morgan fingerprint density at radius 3 is 1.00 bits per heavy atom. The van der Waals surface area contributed by atoms with Gasteiger partial charge in [0.05, 0.1) is 9.79 Å². The number of benzene rings is 4. The molecule has 0 amide bonds. The van der Waals surface area contributed by atoms with Crippen LogP contribution >= 0.6 is 0 Å². The van der Waals surface area contributed by atoms with Crippen molar-refractivity contribution in [1.82, 2.24) is 0 Å². The van der Waals surface area contributed by atoms with E-state index in [4.69, 9.17) is 0 Å². The summed E-state index contributed by atoms with van der Waals surface area (Å²) in [7, 11) is -9.02. The summed E-state index contributed by atoms with van der Waals surface area (Å²) in [6, 6.07) is 12.3. The number of hydrogen-bond donors (Lipinski definition) is 4. The van der Waals surface area contributed by atoms with Crippen molar-refractivity contribution in [2.75, 3.05) is 0 Å². The van der Waals surface area contributed by atoms with Crippen LogP contribution < -0.4 is 59.1 Å². The van der Waals surface area contributed by atoms with Gasteiger partial charge in [-0.1, -0.05) is 12.1 Å². The van der Waals surface area contributed by atoms with E-state index in [1.165, 1.54) is 36.4 Å². The van der Waals surface area contributed by atoms with Crippen LogP contribution in [0.1, 0.15) is 0 Å². The molecular weight excluding hydrogens is 526 g/mol. The first-order valence-electron chi connectivity index (χ1n) is 8.59. The molecule has 0 aliphatic heterocycles. The van der Waals surface area contributed by atoms with Gasteiger partial charge in [-0.2, -0.15) is 0 Å². The largest absolute Gasteiger partial charge is 1.00 e. The van der Waals surface area contributed by atoms with Gasteiger partial charge in [0.2, 0.25) is 0 Å². The second-order valence-corrected chi connectivity index (χ2v) is 9.37. The molecule has 0 saturated carbocycles. The summed E-state index contributed by atoms with van der Waals surface area (Å²) < 4.78 is 64.6. The van der Waals surface area contributed by atoms with Gasteiger partial charge in [0.15, 0.2) is 23.0 Å².